The standard InChI is InChI=1S/C23H27NO5/c1-14(29-23(2,3)4)20(21(25)26)24-22(27)28-13-19-17-11-7-5-9-15(17)16-10-6-8-12-18(16)19/h5-12,14,19-20H,13H2,1-4H3,(H,24,27)(H,25,26)/t14-,20+/m1/s1/i1+1,14+1,20+1,21+1,24+1. The fourth-order valence-electron chi connectivity index (χ4n) is 3.77. The number of ether oxygens (including phenoxy) is 2. The Hall–Kier alpha value is -2.86. The van der Waals surface area contributed by atoms with Crippen molar-refractivity contribution in [2.24, 2.45) is 0 Å². The second-order valence-electron chi connectivity index (χ2n) is 8.22. The van der Waals surface area contributed by atoms with Crippen LogP contribution in [0.2, 0.25) is 0 Å². The van der Waals surface area contributed by atoms with Gasteiger partial charge in [0.25, 0.3) is 0 Å². The van der Waals surface area contributed by atoms with Gasteiger partial charge >= 0.3 is 12.1 Å². The van der Waals surface area contributed by atoms with E-state index in [9.17, 15) is 14.7 Å². The first-order chi connectivity index (χ1) is 13.7. The SMILES string of the molecule is CC(C)(C)O[13C@H]([13CH3])[13C@H]([15NH]C(=O)OCC1c2ccccc2-c2ccccc21)[13C](=O)O. The molecule has 0 aliphatic heterocycles. The van der Waals surface area contributed by atoms with E-state index < -0.39 is 29.8 Å². The summed E-state index contributed by atoms with van der Waals surface area (Å²) in [6.45, 7) is 7.23. The Morgan fingerprint density at radius 3 is 2.03 bits per heavy atom. The normalized spacial score (nSPS) is 15.2. The summed E-state index contributed by atoms with van der Waals surface area (Å²) in [5, 5.41) is 11.9. The van der Waals surface area contributed by atoms with Gasteiger partial charge in [0.05, 0.1) is 11.7 Å². The highest BCUT2D eigenvalue weighted by Gasteiger charge is 2.32. The molecule has 1 aliphatic carbocycles. The molecule has 0 radical (unpaired) electrons. The first-order valence-corrected chi connectivity index (χ1v) is 9.69. The van der Waals surface area contributed by atoms with Crippen LogP contribution in [0.25, 0.3) is 11.1 Å². The summed E-state index contributed by atoms with van der Waals surface area (Å²) in [7, 11) is 0. The highest BCUT2D eigenvalue weighted by Crippen LogP contribution is 2.44. The van der Waals surface area contributed by atoms with E-state index in [0.717, 1.165) is 22.3 Å². The van der Waals surface area contributed by atoms with Crippen molar-refractivity contribution in [3.05, 3.63) is 59.7 Å². The number of benzene rings is 2. The minimum atomic E-state index is -1.20. The van der Waals surface area contributed by atoms with Gasteiger partial charge < -0.3 is 19.9 Å². The molecule has 6 nitrogen and oxygen atoms in total. The smallest absolute Gasteiger partial charge is 0.407 e. The molecule has 0 unspecified atom stereocenters. The average molecular weight is 402 g/mol. The second-order valence-corrected chi connectivity index (χ2v) is 8.22. The zero-order valence-electron chi connectivity index (χ0n) is 17.1. The molecule has 0 aromatic heterocycles. The van der Waals surface area contributed by atoms with Crippen molar-refractivity contribution >= 4 is 12.1 Å². The van der Waals surface area contributed by atoms with Crippen molar-refractivity contribution in [3.63, 3.8) is 0 Å². The minimum Gasteiger partial charge on any atom is -0.480 e. The number of nitrogens with one attached hydrogen (secondary N) is 1. The van der Waals surface area contributed by atoms with Crippen molar-refractivity contribution in [3.8, 4) is 11.1 Å². The lowest BCUT2D eigenvalue weighted by molar-refractivity contribution is -0.147. The van der Waals surface area contributed by atoms with Gasteiger partial charge in [-0.15, -0.1) is 0 Å². The summed E-state index contributed by atoms with van der Waals surface area (Å²) in [6, 6.07) is 14.9. The van der Waals surface area contributed by atoms with E-state index in [1.165, 1.54) is 0 Å². The Labute approximate surface area is 170 Å². The predicted molar refractivity (Wildman–Crippen MR) is 110 cm³/mol. The van der Waals surface area contributed by atoms with Gasteiger partial charge in [-0.25, -0.2) is 9.59 Å². The summed E-state index contributed by atoms with van der Waals surface area (Å²) >= 11 is 0. The number of alkyl carbamates (subject to hydrolysis) is 1. The number of carboxylic acid groups (broad SMARTS) is 1. The van der Waals surface area contributed by atoms with Crippen LogP contribution < -0.4 is 5.32 Å². The van der Waals surface area contributed by atoms with Gasteiger partial charge in [0.2, 0.25) is 0 Å². The Balaban J connectivity index is 1.68. The molecule has 6 heteroatoms. The zero-order chi connectivity index (χ0) is 21.2. The number of hydrogen-bond acceptors (Lipinski definition) is 4. The van der Waals surface area contributed by atoms with Crippen molar-refractivity contribution < 1.29 is 24.2 Å². The molecule has 154 valence electrons. The molecular weight excluding hydrogens is 375 g/mol. The second kappa shape index (κ2) is 8.25. The largest absolute Gasteiger partial charge is 0.480 e. The van der Waals surface area contributed by atoms with Crippen molar-refractivity contribution in [1.82, 2.24) is 5.32 Å². The van der Waals surface area contributed by atoms with Gasteiger partial charge in [-0.2, -0.15) is 0 Å². The fraction of sp³-hybridized carbons (Fsp3) is 0.391. The van der Waals surface area contributed by atoms with Gasteiger partial charge in [0.15, 0.2) is 6.04 Å². The molecule has 2 aromatic rings. The number of carboxylic acids is 1. The maximum Gasteiger partial charge on any atom is 0.407 e. The van der Waals surface area contributed by atoms with Gasteiger partial charge in [-0.05, 0) is 49.9 Å². The Morgan fingerprint density at radius 1 is 1.03 bits per heavy atom. The molecule has 3 rings (SSSR count). The Bertz CT molecular complexity index is 857. The van der Waals surface area contributed by atoms with Gasteiger partial charge in [0.1, 0.15) is 6.61 Å². The molecule has 2 N–H and O–H groups in total. The van der Waals surface area contributed by atoms with Crippen LogP contribution in [0.3, 0.4) is 0 Å². The predicted octanol–water partition coefficient (Wildman–Crippen LogP) is 4.18. The number of rotatable bonds is 6. The maximum absolute atomic E-state index is 12.4. The maximum atomic E-state index is 12.4. The number of carbonyl (C=O) groups excluding carboxylic acids is 1. The first kappa shape index (κ1) is 20.9. The van der Waals surface area contributed by atoms with Crippen LogP contribution in [0.4, 0.5) is 4.79 Å². The third-order valence-corrected chi connectivity index (χ3v) is 4.89. The molecule has 1 amide bonds. The summed E-state index contributed by atoms with van der Waals surface area (Å²) in [5.41, 5.74) is 3.93. The topological polar surface area (TPSA) is 84.9 Å². The number of fused-ring (bicyclic) bond motifs is 3. The molecule has 0 bridgehead atoms. The van der Waals surface area contributed by atoms with Crippen LogP contribution in [-0.4, -0.2) is 41.5 Å². The zero-order valence-corrected chi connectivity index (χ0v) is 17.1. The van der Waals surface area contributed by atoms with Crippen molar-refractivity contribution in [1.29, 1.82) is 0 Å². The van der Waals surface area contributed by atoms with E-state index in [0.29, 0.717) is 0 Å². The monoisotopic (exact) mass is 402 g/mol. The average Bonchev–Trinajstić information content (AvgIpc) is 2.96. The molecular formula is C23H27NO5. The van der Waals surface area contributed by atoms with Crippen LogP contribution in [0, 0.1) is 0 Å². The lowest BCUT2D eigenvalue weighted by atomic mass is 9.98. The van der Waals surface area contributed by atoms with E-state index in [1.807, 2.05) is 57.2 Å². The van der Waals surface area contributed by atoms with Crippen LogP contribution in [0.1, 0.15) is 44.7 Å². The van der Waals surface area contributed by atoms with E-state index in [2.05, 4.69) is 17.4 Å². The molecule has 0 spiro atoms. The van der Waals surface area contributed by atoms with Crippen molar-refractivity contribution in [2.45, 2.75) is 51.4 Å². The first-order valence-electron chi connectivity index (χ1n) is 9.69. The number of aliphatic carboxylic acids is 1. The molecule has 0 saturated heterocycles. The van der Waals surface area contributed by atoms with Crippen molar-refractivity contribution in [2.75, 3.05) is 6.61 Å². The van der Waals surface area contributed by atoms with Gasteiger partial charge in [-0.1, -0.05) is 48.5 Å². The van der Waals surface area contributed by atoms with E-state index in [1.54, 1.807) is 6.92 Å². The summed E-state index contributed by atoms with van der Waals surface area (Å²) in [4.78, 5) is 24.0. The number of hydrogen-bond donors (Lipinski definition) is 2. The van der Waals surface area contributed by atoms with Gasteiger partial charge in [0, 0.05) is 5.92 Å². The Kier molecular flexibility index (Phi) is 5.94. The molecule has 2 atom stereocenters. The summed E-state index contributed by atoms with van der Waals surface area (Å²) in [6.07, 6.45) is -1.49. The molecule has 0 fully saturated rings. The van der Waals surface area contributed by atoms with E-state index in [-0.39, 0.29) is 12.5 Å². The third-order valence-electron chi connectivity index (χ3n) is 4.89. The van der Waals surface area contributed by atoms with E-state index >= 15 is 0 Å². The van der Waals surface area contributed by atoms with Crippen LogP contribution >= 0.6 is 0 Å². The quantitative estimate of drug-likeness (QED) is 0.559. The van der Waals surface area contributed by atoms with Gasteiger partial charge in [-0.3, -0.25) is 0 Å². The fourth-order valence-corrected chi connectivity index (χ4v) is 3.77. The molecule has 29 heavy (non-hydrogen) atoms. The van der Waals surface area contributed by atoms with Crippen LogP contribution in [-0.2, 0) is 14.3 Å². The van der Waals surface area contributed by atoms with E-state index in [4.69, 9.17) is 9.47 Å². The molecule has 0 heterocycles. The molecule has 1 aliphatic rings. The highest BCUT2D eigenvalue weighted by atomic mass is 16.6. The molecule has 2 aromatic carbocycles. The molecule has 0 saturated carbocycles. The number of amides is 1. The Morgan fingerprint density at radius 2 is 1.55 bits per heavy atom. The van der Waals surface area contributed by atoms with Crippen LogP contribution in [0.15, 0.2) is 48.5 Å². The summed E-state index contributed by atoms with van der Waals surface area (Å²) in [5.74, 6) is -1.25. The van der Waals surface area contributed by atoms with Crippen LogP contribution in [0.5, 0.6) is 0 Å². The highest BCUT2D eigenvalue weighted by molar-refractivity contribution is 5.81. The minimum absolute atomic E-state index is 0.0836. The third kappa shape index (κ3) is 4.77. The number of carbonyl (C=O) groups is 2. The lowest BCUT2D eigenvalue weighted by Crippen LogP contribution is -2.50. The lowest BCUT2D eigenvalue weighted by Gasteiger charge is -2.29. The summed E-state index contributed by atoms with van der Waals surface area (Å²) < 4.78 is 11.1.